The van der Waals surface area contributed by atoms with Crippen LogP contribution in [-0.4, -0.2) is 17.1 Å². The van der Waals surface area contributed by atoms with Gasteiger partial charge in [0.1, 0.15) is 0 Å². The van der Waals surface area contributed by atoms with E-state index in [0.29, 0.717) is 12.6 Å². The normalized spacial score (nSPS) is 10.9. The van der Waals surface area contributed by atoms with E-state index in [9.17, 15) is 4.79 Å². The number of aromatic nitrogens is 1. The first-order valence-corrected chi connectivity index (χ1v) is 5.76. The van der Waals surface area contributed by atoms with Crippen LogP contribution in [0.5, 0.6) is 0 Å². The van der Waals surface area contributed by atoms with E-state index in [0.717, 1.165) is 22.5 Å². The van der Waals surface area contributed by atoms with Gasteiger partial charge in [0.15, 0.2) is 0 Å². The minimum absolute atomic E-state index is 0.208. The van der Waals surface area contributed by atoms with Crippen molar-refractivity contribution < 1.29 is 9.53 Å². The van der Waals surface area contributed by atoms with E-state index in [-0.39, 0.29) is 5.97 Å². The predicted octanol–water partition coefficient (Wildman–Crippen LogP) is 3.17. The maximum absolute atomic E-state index is 11.8. The molecule has 3 nitrogen and oxygen atoms in total. The summed E-state index contributed by atoms with van der Waals surface area (Å²) in [5.41, 5.74) is 3.91. The third-order valence-corrected chi connectivity index (χ3v) is 3.00. The molecule has 1 aromatic heterocycles. The first-order valence-electron chi connectivity index (χ1n) is 5.76. The van der Waals surface area contributed by atoms with Crippen molar-refractivity contribution in [3.05, 3.63) is 22.5 Å². The van der Waals surface area contributed by atoms with Crippen molar-refractivity contribution in [2.24, 2.45) is 0 Å². The summed E-state index contributed by atoms with van der Waals surface area (Å²) in [6.45, 7) is 12.5. The number of hydrogen-bond donors (Lipinski definition) is 0. The fraction of sp³-hybridized carbons (Fsp3) is 0.615. The topological polar surface area (TPSA) is 31.2 Å². The first kappa shape index (κ1) is 12.8. The number of esters is 1. The van der Waals surface area contributed by atoms with Crippen LogP contribution in [0.1, 0.15) is 54.1 Å². The number of carbonyl (C=O) groups is 1. The van der Waals surface area contributed by atoms with Crippen molar-refractivity contribution in [1.82, 2.24) is 4.57 Å². The lowest BCUT2D eigenvalue weighted by atomic mass is 10.1. The van der Waals surface area contributed by atoms with Gasteiger partial charge in [0.25, 0.3) is 0 Å². The van der Waals surface area contributed by atoms with Crippen molar-refractivity contribution in [3.63, 3.8) is 0 Å². The summed E-state index contributed by atoms with van der Waals surface area (Å²) < 4.78 is 7.27. The Morgan fingerprint density at radius 3 is 2.19 bits per heavy atom. The van der Waals surface area contributed by atoms with Crippen LogP contribution in [0.4, 0.5) is 0 Å². The van der Waals surface area contributed by atoms with Crippen LogP contribution in [-0.2, 0) is 4.74 Å². The quantitative estimate of drug-likeness (QED) is 0.737. The molecule has 0 N–H and O–H groups in total. The van der Waals surface area contributed by atoms with E-state index in [1.165, 1.54) is 0 Å². The molecule has 0 saturated carbocycles. The van der Waals surface area contributed by atoms with Gasteiger partial charge in [-0.2, -0.15) is 0 Å². The highest BCUT2D eigenvalue weighted by molar-refractivity contribution is 5.93. The summed E-state index contributed by atoms with van der Waals surface area (Å²) in [7, 11) is 0. The predicted molar refractivity (Wildman–Crippen MR) is 65.0 cm³/mol. The van der Waals surface area contributed by atoms with Crippen LogP contribution in [0, 0.1) is 20.8 Å². The molecular formula is C13H21NO2. The molecule has 0 atom stereocenters. The average Bonchev–Trinajstić information content (AvgIpc) is 2.38. The number of rotatable bonds is 3. The third kappa shape index (κ3) is 1.99. The third-order valence-electron chi connectivity index (χ3n) is 3.00. The fourth-order valence-electron chi connectivity index (χ4n) is 2.28. The lowest BCUT2D eigenvalue weighted by molar-refractivity contribution is 0.0524. The van der Waals surface area contributed by atoms with E-state index in [1.54, 1.807) is 0 Å². The Bertz CT molecular complexity index is 403. The van der Waals surface area contributed by atoms with E-state index >= 15 is 0 Å². The van der Waals surface area contributed by atoms with Crippen LogP contribution >= 0.6 is 0 Å². The van der Waals surface area contributed by atoms with Gasteiger partial charge in [-0.1, -0.05) is 0 Å². The summed E-state index contributed by atoms with van der Waals surface area (Å²) in [4.78, 5) is 11.8. The Labute approximate surface area is 97.4 Å². The molecule has 16 heavy (non-hydrogen) atoms. The van der Waals surface area contributed by atoms with Crippen molar-refractivity contribution in [1.29, 1.82) is 0 Å². The lowest BCUT2D eigenvalue weighted by Gasteiger charge is -2.13. The van der Waals surface area contributed by atoms with Crippen molar-refractivity contribution in [2.75, 3.05) is 6.61 Å². The number of ether oxygens (including phenoxy) is 1. The van der Waals surface area contributed by atoms with Crippen LogP contribution < -0.4 is 0 Å². The standard InChI is InChI=1S/C13H21NO2/c1-7-16-13(15)12-9(4)10(5)14(8(2)3)11(12)6/h8H,7H2,1-6H3. The molecule has 0 aliphatic carbocycles. The summed E-state index contributed by atoms with van der Waals surface area (Å²) in [6.07, 6.45) is 0. The monoisotopic (exact) mass is 223 g/mol. The molecule has 1 aromatic rings. The Hall–Kier alpha value is -1.25. The number of hydrogen-bond acceptors (Lipinski definition) is 2. The fourth-order valence-corrected chi connectivity index (χ4v) is 2.28. The highest BCUT2D eigenvalue weighted by Gasteiger charge is 2.22. The molecule has 0 aliphatic rings. The zero-order chi connectivity index (χ0) is 12.5. The van der Waals surface area contributed by atoms with E-state index in [2.05, 4.69) is 18.4 Å². The minimum Gasteiger partial charge on any atom is -0.462 e. The summed E-state index contributed by atoms with van der Waals surface area (Å²) >= 11 is 0. The first-order chi connectivity index (χ1) is 7.41. The molecule has 1 rings (SSSR count). The molecule has 0 saturated heterocycles. The summed E-state index contributed by atoms with van der Waals surface area (Å²) in [6, 6.07) is 0.363. The molecule has 90 valence electrons. The van der Waals surface area contributed by atoms with Crippen LogP contribution in [0.15, 0.2) is 0 Å². The smallest absolute Gasteiger partial charge is 0.340 e. The van der Waals surface area contributed by atoms with Gasteiger partial charge in [-0.3, -0.25) is 0 Å². The molecule has 0 bridgehead atoms. The molecule has 0 unspecified atom stereocenters. The zero-order valence-electron chi connectivity index (χ0n) is 11.0. The molecule has 0 aromatic carbocycles. The van der Waals surface area contributed by atoms with Crippen LogP contribution in [0.2, 0.25) is 0 Å². The Morgan fingerprint density at radius 1 is 1.25 bits per heavy atom. The maximum atomic E-state index is 11.8. The molecule has 1 heterocycles. The van der Waals surface area contributed by atoms with E-state index in [1.807, 2.05) is 27.7 Å². The largest absolute Gasteiger partial charge is 0.462 e. The highest BCUT2D eigenvalue weighted by atomic mass is 16.5. The lowest BCUT2D eigenvalue weighted by Crippen LogP contribution is -2.09. The van der Waals surface area contributed by atoms with Gasteiger partial charge in [-0.05, 0) is 47.1 Å². The number of nitrogens with zero attached hydrogens (tertiary/aromatic N) is 1. The molecular weight excluding hydrogens is 202 g/mol. The average molecular weight is 223 g/mol. The summed E-state index contributed by atoms with van der Waals surface area (Å²) in [5, 5.41) is 0. The van der Waals surface area contributed by atoms with Gasteiger partial charge < -0.3 is 9.30 Å². The van der Waals surface area contributed by atoms with Gasteiger partial charge in [0.05, 0.1) is 12.2 Å². The maximum Gasteiger partial charge on any atom is 0.340 e. The van der Waals surface area contributed by atoms with Crippen molar-refractivity contribution >= 4 is 5.97 Å². The Kier molecular flexibility index (Phi) is 3.79. The molecule has 3 heteroatoms. The SMILES string of the molecule is CCOC(=O)c1c(C)c(C)n(C(C)C)c1C. The second-order valence-corrected chi connectivity index (χ2v) is 4.36. The second kappa shape index (κ2) is 4.73. The van der Waals surface area contributed by atoms with Gasteiger partial charge in [-0.15, -0.1) is 0 Å². The van der Waals surface area contributed by atoms with E-state index in [4.69, 9.17) is 4.74 Å². The Morgan fingerprint density at radius 2 is 1.81 bits per heavy atom. The molecule has 0 amide bonds. The molecule has 0 fully saturated rings. The van der Waals surface area contributed by atoms with Crippen LogP contribution in [0.3, 0.4) is 0 Å². The van der Waals surface area contributed by atoms with Crippen molar-refractivity contribution in [3.8, 4) is 0 Å². The van der Waals surface area contributed by atoms with Gasteiger partial charge in [0.2, 0.25) is 0 Å². The zero-order valence-corrected chi connectivity index (χ0v) is 11.0. The minimum atomic E-state index is -0.208. The van der Waals surface area contributed by atoms with Gasteiger partial charge in [-0.25, -0.2) is 4.79 Å². The number of carbonyl (C=O) groups excluding carboxylic acids is 1. The Balaban J connectivity index is 3.31. The van der Waals surface area contributed by atoms with Crippen molar-refractivity contribution in [2.45, 2.75) is 47.6 Å². The summed E-state index contributed by atoms with van der Waals surface area (Å²) in [5.74, 6) is -0.208. The second-order valence-electron chi connectivity index (χ2n) is 4.36. The van der Waals surface area contributed by atoms with Gasteiger partial charge >= 0.3 is 5.97 Å². The van der Waals surface area contributed by atoms with Gasteiger partial charge in [0, 0.05) is 17.4 Å². The highest BCUT2D eigenvalue weighted by Crippen LogP contribution is 2.25. The van der Waals surface area contributed by atoms with Crippen LogP contribution in [0.25, 0.3) is 0 Å². The molecule has 0 radical (unpaired) electrons. The molecule has 0 spiro atoms. The molecule has 0 aliphatic heterocycles. The van der Waals surface area contributed by atoms with E-state index < -0.39 is 0 Å².